The van der Waals surface area contributed by atoms with E-state index in [1.54, 1.807) is 56.6 Å². The number of ether oxygens (including phenoxy) is 2. The number of amides is 2. The summed E-state index contributed by atoms with van der Waals surface area (Å²) in [7, 11) is 3.26. The Kier molecular flexibility index (Phi) is 5.10. The molecule has 0 radical (unpaired) electrons. The highest BCUT2D eigenvalue weighted by Gasteiger charge is 2.34. The second-order valence-corrected chi connectivity index (χ2v) is 7.62. The number of primary amides is 1. The Bertz CT molecular complexity index is 1160. The second-order valence-electron chi connectivity index (χ2n) is 7.62. The highest BCUT2D eigenvalue weighted by atomic mass is 19.3. The van der Waals surface area contributed by atoms with Crippen LogP contribution in [-0.4, -0.2) is 26.7 Å². The summed E-state index contributed by atoms with van der Waals surface area (Å²) in [6.07, 6.45) is -0.729. The lowest BCUT2D eigenvalue weighted by atomic mass is 9.88. The third-order valence-electron chi connectivity index (χ3n) is 5.38. The van der Waals surface area contributed by atoms with Crippen molar-refractivity contribution in [3.05, 3.63) is 77.6 Å². The zero-order valence-corrected chi connectivity index (χ0v) is 16.8. The number of carbonyl (C=O) groups excluding carboxylic acids is 1. The molecule has 0 saturated heterocycles. The highest BCUT2D eigenvalue weighted by Crippen LogP contribution is 2.50. The molecule has 1 unspecified atom stereocenters. The molecule has 5 nitrogen and oxygen atoms in total. The Morgan fingerprint density at radius 1 is 1.10 bits per heavy atom. The monoisotopic (exact) mass is 429 g/mol. The lowest BCUT2D eigenvalue weighted by molar-refractivity contribution is -0.0496. The van der Waals surface area contributed by atoms with E-state index in [4.69, 9.17) is 15.2 Å². The van der Waals surface area contributed by atoms with Crippen LogP contribution in [0.1, 0.15) is 17.2 Å². The van der Waals surface area contributed by atoms with Crippen LogP contribution in [0.25, 0.3) is 11.1 Å². The predicted molar refractivity (Wildman–Crippen MR) is 111 cm³/mol. The lowest BCUT2D eigenvalue weighted by Crippen LogP contribution is -2.50. The topological polar surface area (TPSA) is 61.6 Å². The predicted octanol–water partition coefficient (Wildman–Crippen LogP) is 5.22. The molecule has 0 bridgehead atoms. The van der Waals surface area contributed by atoms with E-state index in [9.17, 15) is 18.0 Å². The minimum Gasteiger partial charge on any atom is -0.480 e. The van der Waals surface area contributed by atoms with E-state index in [0.717, 1.165) is 0 Å². The molecule has 3 aromatic carbocycles. The SMILES string of the molecule is C[N+](C)(C(N)=O)c1ccc2c(c1)C(c1cccc(F)c1)Oc1cccc(OC(F)F)c1-2. The summed E-state index contributed by atoms with van der Waals surface area (Å²) in [5.74, 6) is -0.146. The number of quaternary nitrogens is 1. The fraction of sp³-hybridized carbons (Fsp3) is 0.174. The van der Waals surface area contributed by atoms with Crippen molar-refractivity contribution in [2.45, 2.75) is 12.7 Å². The standard InChI is InChI=1S/C23H19F3N2O3/c1-28(2,23(27)29)15-9-10-16-17(12-15)21(13-5-3-6-14(24)11-13)30-18-7-4-8-19(20(16)18)31-22(25)26/h3-12,21-22H,1-2H3,(H-,27,29)/p+1. The Hall–Kier alpha value is -3.52. The molecular weight excluding hydrogens is 409 g/mol. The fourth-order valence-electron chi connectivity index (χ4n) is 3.65. The quantitative estimate of drug-likeness (QED) is 0.579. The number of nitrogens with two attached hydrogens (primary N) is 1. The van der Waals surface area contributed by atoms with Crippen LogP contribution in [-0.2, 0) is 0 Å². The smallest absolute Gasteiger partial charge is 0.418 e. The number of hydrogen-bond acceptors (Lipinski definition) is 3. The van der Waals surface area contributed by atoms with Gasteiger partial charge in [0, 0.05) is 17.7 Å². The van der Waals surface area contributed by atoms with Gasteiger partial charge in [-0.05, 0) is 41.5 Å². The molecule has 160 valence electrons. The molecule has 31 heavy (non-hydrogen) atoms. The van der Waals surface area contributed by atoms with Crippen molar-refractivity contribution in [2.75, 3.05) is 14.1 Å². The highest BCUT2D eigenvalue weighted by molar-refractivity contribution is 5.87. The maximum absolute atomic E-state index is 14.0. The Balaban J connectivity index is 1.96. The number of fused-ring (bicyclic) bond motifs is 3. The van der Waals surface area contributed by atoms with Crippen molar-refractivity contribution in [3.8, 4) is 22.6 Å². The van der Waals surface area contributed by atoms with Crippen LogP contribution in [0.5, 0.6) is 11.5 Å². The maximum atomic E-state index is 14.0. The van der Waals surface area contributed by atoms with Crippen LogP contribution in [0, 0.1) is 5.82 Å². The molecule has 1 heterocycles. The number of nitrogens with zero attached hydrogens (tertiary/aromatic N) is 1. The number of urea groups is 1. The van der Waals surface area contributed by atoms with Crippen molar-refractivity contribution >= 4 is 11.7 Å². The number of rotatable bonds is 4. The Labute approximate surface area is 177 Å². The maximum Gasteiger partial charge on any atom is 0.418 e. The van der Waals surface area contributed by atoms with Crippen LogP contribution in [0.3, 0.4) is 0 Å². The third kappa shape index (κ3) is 3.70. The molecule has 4 rings (SSSR count). The lowest BCUT2D eigenvalue weighted by Gasteiger charge is -2.32. The molecule has 2 N–H and O–H groups in total. The molecule has 1 atom stereocenters. The first-order valence-electron chi connectivity index (χ1n) is 9.47. The molecule has 0 saturated carbocycles. The molecule has 8 heteroatoms. The van der Waals surface area contributed by atoms with E-state index in [1.807, 2.05) is 0 Å². The second kappa shape index (κ2) is 7.63. The van der Waals surface area contributed by atoms with Crippen molar-refractivity contribution in [3.63, 3.8) is 0 Å². The molecule has 0 fully saturated rings. The van der Waals surface area contributed by atoms with Gasteiger partial charge in [-0.15, -0.1) is 0 Å². The van der Waals surface area contributed by atoms with Gasteiger partial charge in [0.25, 0.3) is 0 Å². The van der Waals surface area contributed by atoms with Crippen LogP contribution >= 0.6 is 0 Å². The van der Waals surface area contributed by atoms with Crippen molar-refractivity contribution in [1.29, 1.82) is 0 Å². The zero-order valence-electron chi connectivity index (χ0n) is 16.8. The number of benzene rings is 3. The van der Waals surface area contributed by atoms with E-state index in [0.29, 0.717) is 33.7 Å². The first-order chi connectivity index (χ1) is 14.7. The Morgan fingerprint density at radius 2 is 1.84 bits per heavy atom. The summed E-state index contributed by atoms with van der Waals surface area (Å²) >= 11 is 0. The normalized spacial score (nSPS) is 15.1. The van der Waals surface area contributed by atoms with Gasteiger partial charge in [-0.2, -0.15) is 8.78 Å². The van der Waals surface area contributed by atoms with E-state index >= 15 is 0 Å². The number of halogens is 3. The van der Waals surface area contributed by atoms with Gasteiger partial charge in [0.2, 0.25) is 0 Å². The third-order valence-corrected chi connectivity index (χ3v) is 5.38. The van der Waals surface area contributed by atoms with E-state index in [1.165, 1.54) is 18.2 Å². The van der Waals surface area contributed by atoms with Gasteiger partial charge in [-0.1, -0.05) is 18.2 Å². The molecule has 1 aliphatic rings. The first kappa shape index (κ1) is 20.7. The summed E-state index contributed by atoms with van der Waals surface area (Å²) in [6, 6.07) is 15.1. The van der Waals surface area contributed by atoms with Gasteiger partial charge in [-0.3, -0.25) is 0 Å². The average molecular weight is 429 g/mol. The number of carbonyl (C=O) groups is 1. The largest absolute Gasteiger partial charge is 0.480 e. The van der Waals surface area contributed by atoms with Crippen molar-refractivity contribution in [2.24, 2.45) is 5.73 Å². The van der Waals surface area contributed by atoms with E-state index in [2.05, 4.69) is 0 Å². The summed E-state index contributed by atoms with van der Waals surface area (Å²) in [4.78, 5) is 12.0. The van der Waals surface area contributed by atoms with Crippen LogP contribution in [0.15, 0.2) is 60.7 Å². The number of hydrogen-bond donors (Lipinski definition) is 1. The van der Waals surface area contributed by atoms with Gasteiger partial charge in [0.1, 0.15) is 29.1 Å². The molecule has 0 aliphatic carbocycles. The molecule has 3 aromatic rings. The van der Waals surface area contributed by atoms with Gasteiger partial charge < -0.3 is 15.2 Å². The van der Waals surface area contributed by atoms with Gasteiger partial charge in [-0.25, -0.2) is 13.7 Å². The van der Waals surface area contributed by atoms with E-state index < -0.39 is 24.6 Å². The van der Waals surface area contributed by atoms with Crippen molar-refractivity contribution < 1.29 is 27.4 Å². The average Bonchev–Trinajstić information content (AvgIpc) is 2.72. The summed E-state index contributed by atoms with van der Waals surface area (Å²) in [5.41, 5.74) is 8.17. The fourth-order valence-corrected chi connectivity index (χ4v) is 3.65. The molecule has 0 aromatic heterocycles. The van der Waals surface area contributed by atoms with E-state index in [-0.39, 0.29) is 10.2 Å². The van der Waals surface area contributed by atoms with Crippen molar-refractivity contribution in [1.82, 2.24) is 4.48 Å². The molecular formula is C23H20F3N2O3+. The van der Waals surface area contributed by atoms with Gasteiger partial charge >= 0.3 is 12.6 Å². The summed E-state index contributed by atoms with van der Waals surface area (Å²) in [6.45, 7) is -3.01. The first-order valence-corrected chi connectivity index (χ1v) is 9.47. The van der Waals surface area contributed by atoms with Crippen LogP contribution < -0.4 is 19.7 Å². The number of alkyl halides is 2. The molecule has 0 spiro atoms. The summed E-state index contributed by atoms with van der Waals surface area (Å²) in [5, 5.41) is 0. The minimum absolute atomic E-state index is 0.0390. The van der Waals surface area contributed by atoms with Gasteiger partial charge in [0.05, 0.1) is 19.7 Å². The van der Waals surface area contributed by atoms with Crippen LogP contribution in [0.4, 0.5) is 23.7 Å². The molecule has 1 aliphatic heterocycles. The zero-order chi connectivity index (χ0) is 22.3. The van der Waals surface area contributed by atoms with Gasteiger partial charge in [0.15, 0.2) is 0 Å². The molecule has 2 amide bonds. The summed E-state index contributed by atoms with van der Waals surface area (Å²) < 4.78 is 50.6. The Morgan fingerprint density at radius 3 is 2.52 bits per heavy atom. The minimum atomic E-state index is -3.01. The van der Waals surface area contributed by atoms with Crippen LogP contribution in [0.2, 0.25) is 0 Å².